The van der Waals surface area contributed by atoms with Crippen molar-refractivity contribution >= 4 is 31.3 Å². The number of aromatic nitrogens is 4. The van der Waals surface area contributed by atoms with Crippen LogP contribution in [0.3, 0.4) is 0 Å². The van der Waals surface area contributed by atoms with Crippen LogP contribution in [-0.4, -0.2) is 41.2 Å². The summed E-state index contributed by atoms with van der Waals surface area (Å²) < 4.78 is 26.1. The first-order chi connectivity index (χ1) is 14.2. The highest BCUT2D eigenvalue weighted by Gasteiger charge is 2.14. The number of hydrogen-bond acceptors (Lipinski definition) is 6. The maximum atomic E-state index is 13.1. The first kappa shape index (κ1) is 22.2. The molecular formula is C20H25ClFN5O2Si. The van der Waals surface area contributed by atoms with Gasteiger partial charge >= 0.3 is 0 Å². The molecule has 0 aliphatic carbocycles. The van der Waals surface area contributed by atoms with E-state index in [2.05, 4.69) is 40.0 Å². The molecule has 0 atom stereocenters. The molecule has 30 heavy (non-hydrogen) atoms. The molecule has 0 fully saturated rings. The third kappa shape index (κ3) is 6.25. The topological polar surface area (TPSA) is 74.1 Å². The lowest BCUT2D eigenvalue weighted by atomic mass is 10.3. The summed E-state index contributed by atoms with van der Waals surface area (Å²) in [4.78, 5) is 8.11. The second-order valence-electron chi connectivity index (χ2n) is 8.00. The van der Waals surface area contributed by atoms with Crippen LogP contribution in [0, 0.1) is 5.95 Å². The van der Waals surface area contributed by atoms with Crippen LogP contribution in [-0.2, 0) is 11.8 Å². The number of pyridine rings is 1. The van der Waals surface area contributed by atoms with Crippen LogP contribution >= 0.6 is 11.6 Å². The minimum absolute atomic E-state index is 0.130. The zero-order chi connectivity index (χ0) is 21.7. The van der Waals surface area contributed by atoms with Crippen molar-refractivity contribution in [2.24, 2.45) is 7.05 Å². The van der Waals surface area contributed by atoms with Gasteiger partial charge in [-0.3, -0.25) is 0 Å². The Labute approximate surface area is 181 Å². The van der Waals surface area contributed by atoms with Crippen LogP contribution in [0.4, 0.5) is 16.0 Å². The van der Waals surface area contributed by atoms with E-state index in [1.54, 1.807) is 36.0 Å². The SMILES string of the molecule is Cn1nc(-c2ccc(F)nc2)nc1Nc1ccc(Cl)cc1OCOCC[Si](C)(C)C. The fraction of sp³-hybridized carbons (Fsp3) is 0.350. The molecule has 0 aliphatic heterocycles. The molecule has 0 radical (unpaired) electrons. The number of aryl methyl sites for hydroxylation is 1. The van der Waals surface area contributed by atoms with Gasteiger partial charge in [-0.05, 0) is 30.3 Å². The molecular weight excluding hydrogens is 425 g/mol. The first-order valence-corrected chi connectivity index (χ1v) is 13.6. The molecule has 2 aromatic heterocycles. The number of nitrogens with one attached hydrogen (secondary N) is 1. The van der Waals surface area contributed by atoms with Crippen LogP contribution in [0.5, 0.6) is 5.75 Å². The van der Waals surface area contributed by atoms with Crippen LogP contribution < -0.4 is 10.1 Å². The van der Waals surface area contributed by atoms with E-state index in [9.17, 15) is 4.39 Å². The van der Waals surface area contributed by atoms with Gasteiger partial charge in [0, 0.05) is 44.6 Å². The van der Waals surface area contributed by atoms with Crippen LogP contribution in [0.15, 0.2) is 36.5 Å². The normalized spacial score (nSPS) is 11.5. The van der Waals surface area contributed by atoms with Crippen LogP contribution in [0.2, 0.25) is 30.7 Å². The van der Waals surface area contributed by atoms with E-state index in [0.29, 0.717) is 40.4 Å². The molecule has 0 aliphatic rings. The molecule has 0 bridgehead atoms. The molecule has 1 aromatic carbocycles. The van der Waals surface area contributed by atoms with E-state index in [-0.39, 0.29) is 6.79 Å². The third-order valence-electron chi connectivity index (χ3n) is 4.23. The zero-order valence-electron chi connectivity index (χ0n) is 17.4. The minimum atomic E-state index is -1.15. The quantitative estimate of drug-likeness (QED) is 0.212. The standard InChI is InChI=1S/C20H25ClFN5O2Si/c1-27-20(25-19(26-27)14-5-8-18(22)23-12-14)24-16-7-6-15(21)11-17(16)29-13-28-9-10-30(2,3)4/h5-8,11-12H,9-10,13H2,1-4H3,(H,24,25,26). The van der Waals surface area contributed by atoms with Gasteiger partial charge in [0.05, 0.1) is 5.69 Å². The van der Waals surface area contributed by atoms with Gasteiger partial charge in [0.1, 0.15) is 5.75 Å². The molecule has 10 heteroatoms. The van der Waals surface area contributed by atoms with Gasteiger partial charge in [-0.15, -0.1) is 5.10 Å². The first-order valence-electron chi connectivity index (χ1n) is 9.51. The summed E-state index contributed by atoms with van der Waals surface area (Å²) in [7, 11) is 0.606. The number of nitrogens with zero attached hydrogens (tertiary/aromatic N) is 4. The Balaban J connectivity index is 1.70. The molecule has 2 heterocycles. The van der Waals surface area contributed by atoms with Crippen molar-refractivity contribution in [3.63, 3.8) is 0 Å². The summed E-state index contributed by atoms with van der Waals surface area (Å²) in [5.41, 5.74) is 1.29. The lowest BCUT2D eigenvalue weighted by Crippen LogP contribution is -2.22. The van der Waals surface area contributed by atoms with Crippen molar-refractivity contribution in [1.82, 2.24) is 19.7 Å². The van der Waals surface area contributed by atoms with E-state index < -0.39 is 14.0 Å². The number of benzene rings is 1. The Morgan fingerprint density at radius 2 is 2.00 bits per heavy atom. The van der Waals surface area contributed by atoms with Crippen molar-refractivity contribution in [1.29, 1.82) is 0 Å². The Hall–Kier alpha value is -2.49. The molecule has 0 spiro atoms. The molecule has 0 unspecified atom stereocenters. The second-order valence-corrected chi connectivity index (χ2v) is 14.1. The van der Waals surface area contributed by atoms with Crippen LogP contribution in [0.25, 0.3) is 11.4 Å². The highest BCUT2D eigenvalue weighted by Crippen LogP contribution is 2.31. The summed E-state index contributed by atoms with van der Waals surface area (Å²) >= 11 is 6.13. The van der Waals surface area contributed by atoms with Gasteiger partial charge < -0.3 is 14.8 Å². The van der Waals surface area contributed by atoms with Gasteiger partial charge in [-0.1, -0.05) is 31.2 Å². The number of halogens is 2. The maximum Gasteiger partial charge on any atom is 0.226 e. The Bertz CT molecular complexity index is 992. The Kier molecular flexibility index (Phi) is 7.06. The average Bonchev–Trinajstić information content (AvgIpc) is 3.03. The molecule has 3 rings (SSSR count). The molecule has 7 nitrogen and oxygen atoms in total. The highest BCUT2D eigenvalue weighted by atomic mass is 35.5. The second kappa shape index (κ2) is 9.54. The predicted octanol–water partition coefficient (Wildman–Crippen LogP) is 5.10. The van der Waals surface area contributed by atoms with Gasteiger partial charge in [0.15, 0.2) is 12.6 Å². The van der Waals surface area contributed by atoms with E-state index in [1.165, 1.54) is 12.3 Å². The lowest BCUT2D eigenvalue weighted by molar-refractivity contribution is 0.0225. The average molecular weight is 450 g/mol. The molecule has 3 aromatic rings. The van der Waals surface area contributed by atoms with Crippen molar-refractivity contribution in [3.05, 3.63) is 47.5 Å². The Morgan fingerprint density at radius 1 is 1.20 bits per heavy atom. The molecule has 0 saturated carbocycles. The maximum absolute atomic E-state index is 13.1. The van der Waals surface area contributed by atoms with Crippen LogP contribution in [0.1, 0.15) is 0 Å². The van der Waals surface area contributed by atoms with Crippen molar-refractivity contribution in [2.45, 2.75) is 25.7 Å². The van der Waals surface area contributed by atoms with Gasteiger partial charge in [0.2, 0.25) is 11.9 Å². The van der Waals surface area contributed by atoms with Crippen molar-refractivity contribution < 1.29 is 13.9 Å². The van der Waals surface area contributed by atoms with E-state index >= 15 is 0 Å². The molecule has 1 N–H and O–H groups in total. The fourth-order valence-corrected chi connectivity index (χ4v) is 3.42. The van der Waals surface area contributed by atoms with Gasteiger partial charge in [-0.2, -0.15) is 9.37 Å². The molecule has 0 amide bonds. The van der Waals surface area contributed by atoms with Crippen molar-refractivity contribution in [3.8, 4) is 17.1 Å². The van der Waals surface area contributed by atoms with Gasteiger partial charge in [-0.25, -0.2) is 9.67 Å². The fourth-order valence-electron chi connectivity index (χ4n) is 2.51. The number of rotatable bonds is 9. The number of ether oxygens (including phenoxy) is 2. The van der Waals surface area contributed by atoms with Crippen molar-refractivity contribution in [2.75, 3.05) is 18.7 Å². The van der Waals surface area contributed by atoms with E-state index in [4.69, 9.17) is 21.1 Å². The summed E-state index contributed by atoms with van der Waals surface area (Å²) in [5.74, 6) is 0.909. The number of anilines is 2. The Morgan fingerprint density at radius 3 is 2.70 bits per heavy atom. The molecule has 0 saturated heterocycles. The van der Waals surface area contributed by atoms with Gasteiger partial charge in [0.25, 0.3) is 0 Å². The predicted molar refractivity (Wildman–Crippen MR) is 119 cm³/mol. The third-order valence-corrected chi connectivity index (χ3v) is 6.17. The summed E-state index contributed by atoms with van der Waals surface area (Å²) in [6.45, 7) is 7.69. The smallest absolute Gasteiger partial charge is 0.226 e. The largest absolute Gasteiger partial charge is 0.465 e. The van der Waals surface area contributed by atoms with E-state index in [0.717, 1.165) is 6.04 Å². The summed E-state index contributed by atoms with van der Waals surface area (Å²) in [6.07, 6.45) is 1.39. The lowest BCUT2D eigenvalue weighted by Gasteiger charge is -2.16. The number of hydrogen-bond donors (Lipinski definition) is 1. The zero-order valence-corrected chi connectivity index (χ0v) is 19.2. The summed E-state index contributed by atoms with van der Waals surface area (Å²) in [5, 5.41) is 8.10. The van der Waals surface area contributed by atoms with E-state index in [1.807, 2.05) is 0 Å². The summed E-state index contributed by atoms with van der Waals surface area (Å²) in [6, 6.07) is 9.18. The minimum Gasteiger partial charge on any atom is -0.465 e. The monoisotopic (exact) mass is 449 g/mol. The highest BCUT2D eigenvalue weighted by molar-refractivity contribution is 6.76. The molecule has 160 valence electrons.